The highest BCUT2D eigenvalue weighted by Gasteiger charge is 1.95. The highest BCUT2D eigenvalue weighted by molar-refractivity contribution is 5.14. The summed E-state index contributed by atoms with van der Waals surface area (Å²) in [5.74, 6) is 0. The molecular formula is C11H17N3O2. The molecule has 0 aliphatic heterocycles. The number of rotatable bonds is 8. The lowest BCUT2D eigenvalue weighted by Gasteiger charge is -2.05. The van der Waals surface area contributed by atoms with E-state index in [2.05, 4.69) is 22.8 Å². The lowest BCUT2D eigenvalue weighted by molar-refractivity contribution is -0.477. The first kappa shape index (κ1) is 12.6. The van der Waals surface area contributed by atoms with Crippen LogP contribution in [0.3, 0.4) is 0 Å². The highest BCUT2D eigenvalue weighted by Crippen LogP contribution is 1.96. The number of nitrogens with zero attached hydrogens (tertiary/aromatic N) is 1. The number of benzene rings is 1. The van der Waals surface area contributed by atoms with Gasteiger partial charge < -0.3 is 10.6 Å². The van der Waals surface area contributed by atoms with Gasteiger partial charge in [0.1, 0.15) is 0 Å². The van der Waals surface area contributed by atoms with Gasteiger partial charge in [-0.25, -0.2) is 0 Å². The van der Waals surface area contributed by atoms with Crippen molar-refractivity contribution in [2.45, 2.75) is 6.54 Å². The molecule has 2 N–H and O–H groups in total. The van der Waals surface area contributed by atoms with Crippen LogP contribution in [0.25, 0.3) is 0 Å². The molecule has 16 heavy (non-hydrogen) atoms. The number of hydrogen-bond acceptors (Lipinski definition) is 4. The molecule has 0 bridgehead atoms. The minimum Gasteiger partial charge on any atom is -0.311 e. The van der Waals surface area contributed by atoms with E-state index in [1.807, 2.05) is 18.2 Å². The molecule has 5 heteroatoms. The first-order valence-electron chi connectivity index (χ1n) is 5.36. The van der Waals surface area contributed by atoms with Crippen molar-refractivity contribution in [1.82, 2.24) is 10.6 Å². The monoisotopic (exact) mass is 223 g/mol. The predicted octanol–water partition coefficient (Wildman–Crippen LogP) is 0.642. The Kier molecular flexibility index (Phi) is 6.13. The van der Waals surface area contributed by atoms with Crippen molar-refractivity contribution in [3.05, 3.63) is 46.0 Å². The summed E-state index contributed by atoms with van der Waals surface area (Å²) in [4.78, 5) is 9.71. The average Bonchev–Trinajstić information content (AvgIpc) is 2.29. The van der Waals surface area contributed by atoms with E-state index in [1.165, 1.54) is 5.56 Å². The summed E-state index contributed by atoms with van der Waals surface area (Å²) >= 11 is 0. The molecule has 0 aliphatic carbocycles. The standard InChI is InChI=1S/C11H17N3O2/c15-14(16)9-8-12-6-7-13-10-11-4-2-1-3-5-11/h1-5,12-13H,6-10H2. The number of nitro groups is 1. The number of nitrogens with one attached hydrogen (secondary N) is 2. The molecule has 5 nitrogen and oxygen atoms in total. The van der Waals surface area contributed by atoms with Crippen molar-refractivity contribution in [1.29, 1.82) is 0 Å². The van der Waals surface area contributed by atoms with E-state index in [-0.39, 0.29) is 11.5 Å². The number of hydrogen-bond donors (Lipinski definition) is 2. The fourth-order valence-corrected chi connectivity index (χ4v) is 1.30. The minimum atomic E-state index is -0.315. The van der Waals surface area contributed by atoms with Crippen LogP contribution in [0, 0.1) is 10.1 Å². The Bertz CT molecular complexity index is 303. The molecule has 0 saturated carbocycles. The van der Waals surface area contributed by atoms with Crippen molar-refractivity contribution in [2.24, 2.45) is 0 Å². The molecular weight excluding hydrogens is 206 g/mol. The molecule has 1 aromatic rings. The smallest absolute Gasteiger partial charge is 0.216 e. The lowest BCUT2D eigenvalue weighted by Crippen LogP contribution is -2.30. The van der Waals surface area contributed by atoms with Crippen molar-refractivity contribution in [3.63, 3.8) is 0 Å². The van der Waals surface area contributed by atoms with E-state index in [4.69, 9.17) is 0 Å². The molecule has 0 aromatic heterocycles. The Morgan fingerprint density at radius 1 is 1.06 bits per heavy atom. The van der Waals surface area contributed by atoms with Gasteiger partial charge in [-0.3, -0.25) is 10.1 Å². The summed E-state index contributed by atoms with van der Waals surface area (Å²) in [6.45, 7) is 2.81. The van der Waals surface area contributed by atoms with Gasteiger partial charge in [-0.05, 0) is 5.56 Å². The summed E-state index contributed by atoms with van der Waals surface area (Å²) in [5.41, 5.74) is 1.24. The van der Waals surface area contributed by atoms with Crippen molar-refractivity contribution in [2.75, 3.05) is 26.2 Å². The van der Waals surface area contributed by atoms with E-state index >= 15 is 0 Å². The lowest BCUT2D eigenvalue weighted by atomic mass is 10.2. The molecule has 88 valence electrons. The molecule has 0 fully saturated rings. The maximum Gasteiger partial charge on any atom is 0.216 e. The van der Waals surface area contributed by atoms with E-state index in [0.29, 0.717) is 6.54 Å². The zero-order valence-electron chi connectivity index (χ0n) is 9.19. The second kappa shape index (κ2) is 7.78. The van der Waals surface area contributed by atoms with Gasteiger partial charge in [0, 0.05) is 24.6 Å². The Morgan fingerprint density at radius 2 is 1.75 bits per heavy atom. The maximum absolute atomic E-state index is 10.0. The summed E-state index contributed by atoms with van der Waals surface area (Å²) in [6.07, 6.45) is 0. The SMILES string of the molecule is O=[N+]([O-])CCNCCNCc1ccccc1. The summed E-state index contributed by atoms with van der Waals surface area (Å²) < 4.78 is 0. The first-order chi connectivity index (χ1) is 7.79. The molecule has 0 saturated heterocycles. The van der Waals surface area contributed by atoms with Crippen molar-refractivity contribution in [3.8, 4) is 0 Å². The third-order valence-corrected chi connectivity index (χ3v) is 2.12. The van der Waals surface area contributed by atoms with Gasteiger partial charge in [0.2, 0.25) is 6.54 Å². The van der Waals surface area contributed by atoms with Crippen LogP contribution < -0.4 is 10.6 Å². The topological polar surface area (TPSA) is 67.2 Å². The Hall–Kier alpha value is -1.46. The van der Waals surface area contributed by atoms with Crippen LogP contribution in [0.5, 0.6) is 0 Å². The van der Waals surface area contributed by atoms with Crippen LogP contribution in [0.15, 0.2) is 30.3 Å². The Morgan fingerprint density at radius 3 is 2.44 bits per heavy atom. The molecule has 0 unspecified atom stereocenters. The zero-order valence-corrected chi connectivity index (χ0v) is 9.19. The summed E-state index contributed by atoms with van der Waals surface area (Å²) in [5, 5.41) is 16.3. The quantitative estimate of drug-likeness (QED) is 0.385. The van der Waals surface area contributed by atoms with Crippen LogP contribution in [-0.4, -0.2) is 31.1 Å². The third-order valence-electron chi connectivity index (χ3n) is 2.12. The van der Waals surface area contributed by atoms with E-state index < -0.39 is 0 Å². The largest absolute Gasteiger partial charge is 0.311 e. The summed E-state index contributed by atoms with van der Waals surface area (Å²) in [6, 6.07) is 10.1. The predicted molar refractivity (Wildman–Crippen MR) is 62.9 cm³/mol. The second-order valence-corrected chi connectivity index (χ2v) is 3.47. The van der Waals surface area contributed by atoms with E-state index in [1.54, 1.807) is 0 Å². The zero-order chi connectivity index (χ0) is 11.6. The van der Waals surface area contributed by atoms with Gasteiger partial charge in [-0.1, -0.05) is 30.3 Å². The van der Waals surface area contributed by atoms with E-state index in [0.717, 1.165) is 19.6 Å². The molecule has 1 aromatic carbocycles. The van der Waals surface area contributed by atoms with Crippen LogP contribution in [0.1, 0.15) is 5.56 Å². The van der Waals surface area contributed by atoms with Crippen molar-refractivity contribution >= 4 is 0 Å². The molecule has 0 atom stereocenters. The highest BCUT2D eigenvalue weighted by atomic mass is 16.6. The third kappa shape index (κ3) is 6.10. The molecule has 0 amide bonds. The van der Waals surface area contributed by atoms with Gasteiger partial charge in [-0.15, -0.1) is 0 Å². The fourth-order valence-electron chi connectivity index (χ4n) is 1.30. The maximum atomic E-state index is 10.0. The first-order valence-corrected chi connectivity index (χ1v) is 5.36. The average molecular weight is 223 g/mol. The van der Waals surface area contributed by atoms with Gasteiger partial charge >= 0.3 is 0 Å². The van der Waals surface area contributed by atoms with Gasteiger partial charge in [-0.2, -0.15) is 0 Å². The van der Waals surface area contributed by atoms with Gasteiger partial charge in [0.15, 0.2) is 0 Å². The van der Waals surface area contributed by atoms with E-state index in [9.17, 15) is 10.1 Å². The van der Waals surface area contributed by atoms with Crippen LogP contribution in [-0.2, 0) is 6.54 Å². The van der Waals surface area contributed by atoms with Crippen LogP contribution >= 0.6 is 0 Å². The Balaban J connectivity index is 1.94. The normalized spacial score (nSPS) is 10.2. The fraction of sp³-hybridized carbons (Fsp3) is 0.455. The van der Waals surface area contributed by atoms with Crippen molar-refractivity contribution < 1.29 is 4.92 Å². The van der Waals surface area contributed by atoms with Crippen LogP contribution in [0.2, 0.25) is 0 Å². The van der Waals surface area contributed by atoms with Gasteiger partial charge in [0.05, 0.1) is 6.54 Å². The molecule has 0 aliphatic rings. The van der Waals surface area contributed by atoms with Crippen LogP contribution in [0.4, 0.5) is 0 Å². The van der Waals surface area contributed by atoms with Gasteiger partial charge in [0.25, 0.3) is 0 Å². The minimum absolute atomic E-state index is 0.0152. The Labute approximate surface area is 95.0 Å². The second-order valence-electron chi connectivity index (χ2n) is 3.47. The molecule has 0 spiro atoms. The molecule has 1 rings (SSSR count). The summed E-state index contributed by atoms with van der Waals surface area (Å²) in [7, 11) is 0. The molecule has 0 radical (unpaired) electrons. The molecule has 0 heterocycles.